The van der Waals surface area contributed by atoms with Crippen molar-refractivity contribution in [3.63, 3.8) is 0 Å². The van der Waals surface area contributed by atoms with Gasteiger partial charge in [0.2, 0.25) is 0 Å². The second kappa shape index (κ2) is 7.78. The number of ketones is 2. The van der Waals surface area contributed by atoms with Crippen LogP contribution in [0.3, 0.4) is 0 Å². The Balaban J connectivity index is 1.71. The third-order valence-corrected chi connectivity index (χ3v) is 4.52. The molecule has 2 fully saturated rings. The van der Waals surface area contributed by atoms with Crippen LogP contribution in [0, 0.1) is 11.8 Å². The van der Waals surface area contributed by atoms with Gasteiger partial charge in [0.05, 0.1) is 13.1 Å². The SMILES string of the molecule is O=C1CCCCCCC2CC2CCCC(=O)CNC1. The van der Waals surface area contributed by atoms with Crippen molar-refractivity contribution in [1.82, 2.24) is 5.32 Å². The van der Waals surface area contributed by atoms with Gasteiger partial charge in [0.25, 0.3) is 0 Å². The van der Waals surface area contributed by atoms with Crippen LogP contribution in [-0.2, 0) is 9.59 Å². The number of nitrogens with one attached hydrogen (secondary N) is 1. The van der Waals surface area contributed by atoms with Crippen molar-refractivity contribution in [2.75, 3.05) is 13.1 Å². The molecule has 0 aromatic heterocycles. The van der Waals surface area contributed by atoms with Gasteiger partial charge in [-0.25, -0.2) is 0 Å². The van der Waals surface area contributed by atoms with E-state index in [2.05, 4.69) is 5.32 Å². The maximum absolute atomic E-state index is 11.6. The van der Waals surface area contributed by atoms with Gasteiger partial charge < -0.3 is 5.32 Å². The molecule has 0 aromatic carbocycles. The summed E-state index contributed by atoms with van der Waals surface area (Å²) in [7, 11) is 0. The first-order chi connectivity index (χ1) is 9.25. The largest absolute Gasteiger partial charge is 0.303 e. The molecule has 2 rings (SSSR count). The number of hydrogen-bond donors (Lipinski definition) is 1. The van der Waals surface area contributed by atoms with Gasteiger partial charge in [0.15, 0.2) is 0 Å². The highest BCUT2D eigenvalue weighted by atomic mass is 16.1. The van der Waals surface area contributed by atoms with Crippen molar-refractivity contribution in [2.24, 2.45) is 11.8 Å². The first-order valence-corrected chi connectivity index (χ1v) is 8.00. The summed E-state index contributed by atoms with van der Waals surface area (Å²) < 4.78 is 0. The zero-order valence-electron chi connectivity index (χ0n) is 12.0. The van der Waals surface area contributed by atoms with Gasteiger partial charge in [0, 0.05) is 12.8 Å². The average molecular weight is 265 g/mol. The van der Waals surface area contributed by atoms with Crippen molar-refractivity contribution < 1.29 is 9.59 Å². The fourth-order valence-electron chi connectivity index (χ4n) is 3.18. The van der Waals surface area contributed by atoms with E-state index in [4.69, 9.17) is 0 Å². The predicted molar refractivity (Wildman–Crippen MR) is 76.0 cm³/mol. The summed E-state index contributed by atoms with van der Waals surface area (Å²) in [6.07, 6.45) is 11.2. The highest BCUT2D eigenvalue weighted by Crippen LogP contribution is 2.45. The molecule has 3 nitrogen and oxygen atoms in total. The Hall–Kier alpha value is -0.700. The minimum absolute atomic E-state index is 0.252. The molecule has 2 atom stereocenters. The Morgan fingerprint density at radius 1 is 0.737 bits per heavy atom. The van der Waals surface area contributed by atoms with E-state index in [1.165, 1.54) is 38.5 Å². The van der Waals surface area contributed by atoms with E-state index in [1.807, 2.05) is 0 Å². The number of carbonyl (C=O) groups excluding carboxylic acids is 2. The second-order valence-corrected chi connectivity index (χ2v) is 6.28. The Morgan fingerprint density at radius 3 is 2.05 bits per heavy atom. The van der Waals surface area contributed by atoms with Gasteiger partial charge in [-0.3, -0.25) is 9.59 Å². The molecule has 1 N–H and O–H groups in total. The average Bonchev–Trinajstić information content (AvgIpc) is 3.11. The minimum atomic E-state index is 0.252. The summed E-state index contributed by atoms with van der Waals surface area (Å²) >= 11 is 0. The van der Waals surface area contributed by atoms with E-state index < -0.39 is 0 Å². The van der Waals surface area contributed by atoms with Crippen LogP contribution in [0.25, 0.3) is 0 Å². The molecule has 0 radical (unpaired) electrons. The lowest BCUT2D eigenvalue weighted by atomic mass is 10.0. The third kappa shape index (κ3) is 5.85. The van der Waals surface area contributed by atoms with E-state index in [0.717, 1.165) is 24.7 Å². The second-order valence-electron chi connectivity index (χ2n) is 6.28. The van der Waals surface area contributed by atoms with Crippen molar-refractivity contribution in [3.8, 4) is 0 Å². The third-order valence-electron chi connectivity index (χ3n) is 4.52. The molecule has 2 unspecified atom stereocenters. The molecule has 0 aromatic rings. The first kappa shape index (κ1) is 14.7. The van der Waals surface area contributed by atoms with Crippen molar-refractivity contribution in [2.45, 2.75) is 64.2 Å². The highest BCUT2D eigenvalue weighted by molar-refractivity contribution is 5.83. The highest BCUT2D eigenvalue weighted by Gasteiger charge is 2.35. The molecule has 1 saturated heterocycles. The van der Waals surface area contributed by atoms with Crippen LogP contribution in [-0.4, -0.2) is 24.7 Å². The zero-order valence-corrected chi connectivity index (χ0v) is 12.0. The number of fused-ring (bicyclic) bond motifs is 1. The van der Waals surface area contributed by atoms with E-state index in [-0.39, 0.29) is 11.6 Å². The van der Waals surface area contributed by atoms with E-state index in [9.17, 15) is 9.59 Å². The number of carbonyl (C=O) groups is 2. The minimum Gasteiger partial charge on any atom is -0.303 e. The molecule has 1 saturated carbocycles. The first-order valence-electron chi connectivity index (χ1n) is 8.00. The van der Waals surface area contributed by atoms with Crippen LogP contribution >= 0.6 is 0 Å². The molecule has 3 heteroatoms. The molecule has 0 bridgehead atoms. The summed E-state index contributed by atoms with van der Waals surface area (Å²) in [6, 6.07) is 0. The number of hydrogen-bond acceptors (Lipinski definition) is 3. The molecular weight excluding hydrogens is 238 g/mol. The maximum Gasteiger partial charge on any atom is 0.146 e. The molecule has 19 heavy (non-hydrogen) atoms. The summed E-state index contributed by atoms with van der Waals surface area (Å²) in [6.45, 7) is 0.746. The predicted octanol–water partition coefficient (Wildman–Crippen LogP) is 2.87. The number of Topliss-reactive ketones (excluding diaryl/α,β-unsaturated/α-hetero) is 2. The normalized spacial score (nSPS) is 31.8. The van der Waals surface area contributed by atoms with Gasteiger partial charge in [-0.05, 0) is 37.5 Å². The quantitative estimate of drug-likeness (QED) is 0.732. The molecule has 108 valence electrons. The lowest BCUT2D eigenvalue weighted by Gasteiger charge is -2.06. The van der Waals surface area contributed by atoms with Gasteiger partial charge in [-0.1, -0.05) is 25.7 Å². The molecule has 1 heterocycles. The summed E-state index contributed by atoms with van der Waals surface area (Å²) in [5, 5.41) is 2.99. The van der Waals surface area contributed by atoms with Crippen LogP contribution in [0.1, 0.15) is 64.2 Å². The fourth-order valence-corrected chi connectivity index (χ4v) is 3.18. The molecule has 0 amide bonds. The van der Waals surface area contributed by atoms with Crippen LogP contribution < -0.4 is 5.32 Å². The summed E-state index contributed by atoms with van der Waals surface area (Å²) in [4.78, 5) is 23.2. The van der Waals surface area contributed by atoms with E-state index >= 15 is 0 Å². The maximum atomic E-state index is 11.6. The monoisotopic (exact) mass is 265 g/mol. The van der Waals surface area contributed by atoms with Gasteiger partial charge in [-0.2, -0.15) is 0 Å². The Morgan fingerprint density at radius 2 is 1.32 bits per heavy atom. The fraction of sp³-hybridized carbons (Fsp3) is 0.875. The van der Waals surface area contributed by atoms with Crippen molar-refractivity contribution in [1.29, 1.82) is 0 Å². The van der Waals surface area contributed by atoms with Crippen LogP contribution in [0.15, 0.2) is 0 Å². The van der Waals surface area contributed by atoms with E-state index in [0.29, 0.717) is 25.9 Å². The summed E-state index contributed by atoms with van der Waals surface area (Å²) in [5.74, 6) is 2.37. The molecule has 1 aliphatic carbocycles. The molecule has 2 aliphatic rings. The van der Waals surface area contributed by atoms with Crippen LogP contribution in [0.5, 0.6) is 0 Å². The zero-order chi connectivity index (χ0) is 13.5. The Kier molecular flexibility index (Phi) is 6.02. The van der Waals surface area contributed by atoms with Crippen LogP contribution in [0.4, 0.5) is 0 Å². The van der Waals surface area contributed by atoms with Crippen molar-refractivity contribution in [3.05, 3.63) is 0 Å². The Bertz CT molecular complexity index is 314. The molecular formula is C16H27NO2. The van der Waals surface area contributed by atoms with Gasteiger partial charge in [0.1, 0.15) is 11.6 Å². The molecule has 1 aliphatic heterocycles. The van der Waals surface area contributed by atoms with Crippen LogP contribution in [0.2, 0.25) is 0 Å². The van der Waals surface area contributed by atoms with E-state index in [1.54, 1.807) is 0 Å². The van der Waals surface area contributed by atoms with Crippen molar-refractivity contribution >= 4 is 11.6 Å². The topological polar surface area (TPSA) is 46.2 Å². The smallest absolute Gasteiger partial charge is 0.146 e. The Labute approximate surface area is 116 Å². The standard InChI is InChI=1S/C16H27NO2/c18-15-8-4-2-1-3-6-13-10-14(13)7-5-9-16(19)12-17-11-15/h13-14,17H,1-12H2. The van der Waals surface area contributed by atoms with Gasteiger partial charge in [-0.15, -0.1) is 0 Å². The lowest BCUT2D eigenvalue weighted by Crippen LogP contribution is -2.28. The van der Waals surface area contributed by atoms with Gasteiger partial charge >= 0.3 is 0 Å². The summed E-state index contributed by atoms with van der Waals surface area (Å²) in [5.41, 5.74) is 0. The number of rotatable bonds is 0. The lowest BCUT2D eigenvalue weighted by molar-refractivity contribution is -0.119. The molecule has 0 spiro atoms.